The topological polar surface area (TPSA) is 58.2 Å². The predicted octanol–water partition coefficient (Wildman–Crippen LogP) is 2.40. The number of nitrogens with one attached hydrogen (secondary N) is 2. The summed E-state index contributed by atoms with van der Waals surface area (Å²) in [5.74, 6) is -0.468. The first kappa shape index (κ1) is 15.7. The van der Waals surface area contributed by atoms with Gasteiger partial charge in [-0.05, 0) is 55.8 Å². The van der Waals surface area contributed by atoms with E-state index in [1.165, 1.54) is 0 Å². The van der Waals surface area contributed by atoms with E-state index in [-0.39, 0.29) is 23.9 Å². The number of rotatable bonds is 3. The predicted molar refractivity (Wildman–Crippen MR) is 79.1 cm³/mol. The van der Waals surface area contributed by atoms with Crippen molar-refractivity contribution < 1.29 is 9.59 Å². The molecule has 0 radical (unpaired) electrons. The molecule has 2 amide bonds. The highest BCUT2D eigenvalue weighted by atomic mass is 79.9. The van der Waals surface area contributed by atoms with E-state index in [4.69, 9.17) is 0 Å². The van der Waals surface area contributed by atoms with E-state index >= 15 is 0 Å². The SMILES string of the molecule is Cc1ccc(Br)c(C(=O)NCC(=O)NC(C)(C)C)c1. The zero-order valence-corrected chi connectivity index (χ0v) is 13.2. The maximum Gasteiger partial charge on any atom is 0.252 e. The first-order valence-corrected chi connectivity index (χ1v) is 6.84. The molecule has 1 aromatic rings. The van der Waals surface area contributed by atoms with Crippen LogP contribution in [0.3, 0.4) is 0 Å². The number of carbonyl (C=O) groups is 2. The first-order chi connectivity index (χ1) is 8.69. The molecular weight excluding hydrogens is 308 g/mol. The molecule has 0 aliphatic heterocycles. The van der Waals surface area contributed by atoms with Crippen LogP contribution in [0.25, 0.3) is 0 Å². The van der Waals surface area contributed by atoms with Gasteiger partial charge >= 0.3 is 0 Å². The summed E-state index contributed by atoms with van der Waals surface area (Å²) in [6, 6.07) is 5.51. The second-order valence-corrected chi connectivity index (χ2v) is 6.32. The van der Waals surface area contributed by atoms with Gasteiger partial charge in [-0.3, -0.25) is 9.59 Å². The lowest BCUT2D eigenvalue weighted by molar-refractivity contribution is -0.121. The van der Waals surface area contributed by atoms with Crippen LogP contribution in [0, 0.1) is 6.92 Å². The van der Waals surface area contributed by atoms with Crippen molar-refractivity contribution in [1.29, 1.82) is 0 Å². The van der Waals surface area contributed by atoms with Crippen LogP contribution in [-0.2, 0) is 4.79 Å². The third kappa shape index (κ3) is 5.42. The Morgan fingerprint density at radius 1 is 1.26 bits per heavy atom. The summed E-state index contributed by atoms with van der Waals surface area (Å²) >= 11 is 3.33. The number of benzene rings is 1. The van der Waals surface area contributed by atoms with E-state index < -0.39 is 0 Å². The minimum Gasteiger partial charge on any atom is -0.350 e. The van der Waals surface area contributed by atoms with Gasteiger partial charge in [-0.2, -0.15) is 0 Å². The molecule has 0 aliphatic carbocycles. The number of halogens is 1. The highest BCUT2D eigenvalue weighted by Gasteiger charge is 2.15. The fourth-order valence-electron chi connectivity index (χ4n) is 1.53. The minimum atomic E-state index is -0.300. The summed E-state index contributed by atoms with van der Waals surface area (Å²) in [6.45, 7) is 7.56. The number of amides is 2. The third-order valence-corrected chi connectivity index (χ3v) is 2.98. The van der Waals surface area contributed by atoms with E-state index in [0.717, 1.165) is 5.56 Å². The summed E-state index contributed by atoms with van der Waals surface area (Å²) in [6.07, 6.45) is 0. The molecular formula is C14H19BrN2O2. The first-order valence-electron chi connectivity index (χ1n) is 6.04. The fourth-order valence-corrected chi connectivity index (χ4v) is 1.96. The minimum absolute atomic E-state index is 0.0313. The summed E-state index contributed by atoms with van der Waals surface area (Å²) in [7, 11) is 0. The molecule has 0 atom stereocenters. The standard InChI is InChI=1S/C14H19BrN2O2/c1-9-5-6-11(15)10(7-9)13(19)16-8-12(18)17-14(2,3)4/h5-7H,8H2,1-4H3,(H,16,19)(H,17,18). The van der Waals surface area contributed by atoms with Gasteiger partial charge in [-0.15, -0.1) is 0 Å². The largest absolute Gasteiger partial charge is 0.350 e. The third-order valence-electron chi connectivity index (χ3n) is 2.29. The van der Waals surface area contributed by atoms with Crippen molar-refractivity contribution in [2.45, 2.75) is 33.2 Å². The summed E-state index contributed by atoms with van der Waals surface area (Å²) in [5, 5.41) is 5.39. The summed E-state index contributed by atoms with van der Waals surface area (Å²) in [4.78, 5) is 23.6. The number of hydrogen-bond acceptors (Lipinski definition) is 2. The van der Waals surface area contributed by atoms with Crippen molar-refractivity contribution >= 4 is 27.7 Å². The molecule has 5 heteroatoms. The summed E-state index contributed by atoms with van der Waals surface area (Å²) in [5.41, 5.74) is 1.22. The summed E-state index contributed by atoms with van der Waals surface area (Å²) < 4.78 is 0.715. The number of carbonyl (C=O) groups excluding carboxylic acids is 2. The van der Waals surface area contributed by atoms with Crippen molar-refractivity contribution in [3.05, 3.63) is 33.8 Å². The molecule has 0 saturated heterocycles. The van der Waals surface area contributed by atoms with Gasteiger partial charge in [-0.25, -0.2) is 0 Å². The Hall–Kier alpha value is -1.36. The van der Waals surface area contributed by atoms with Crippen molar-refractivity contribution in [1.82, 2.24) is 10.6 Å². The van der Waals surface area contributed by atoms with Crippen molar-refractivity contribution in [3.63, 3.8) is 0 Å². The average molecular weight is 327 g/mol. The van der Waals surface area contributed by atoms with Crippen LogP contribution in [0.2, 0.25) is 0 Å². The zero-order chi connectivity index (χ0) is 14.6. The lowest BCUT2D eigenvalue weighted by Crippen LogP contribution is -2.45. The maximum atomic E-state index is 12.0. The normalized spacial score (nSPS) is 11.0. The maximum absolute atomic E-state index is 12.0. The van der Waals surface area contributed by atoms with E-state index in [0.29, 0.717) is 10.0 Å². The Morgan fingerprint density at radius 2 is 1.89 bits per heavy atom. The molecule has 1 rings (SSSR count). The molecule has 104 valence electrons. The van der Waals surface area contributed by atoms with Gasteiger partial charge < -0.3 is 10.6 Å². The Balaban J connectivity index is 2.61. The number of hydrogen-bond donors (Lipinski definition) is 2. The second-order valence-electron chi connectivity index (χ2n) is 5.46. The molecule has 19 heavy (non-hydrogen) atoms. The fraction of sp³-hybridized carbons (Fsp3) is 0.429. The average Bonchev–Trinajstić information content (AvgIpc) is 2.27. The zero-order valence-electron chi connectivity index (χ0n) is 11.6. The Morgan fingerprint density at radius 3 is 2.47 bits per heavy atom. The smallest absolute Gasteiger partial charge is 0.252 e. The Bertz CT molecular complexity index is 493. The van der Waals surface area contributed by atoms with Gasteiger partial charge in [0.2, 0.25) is 5.91 Å². The lowest BCUT2D eigenvalue weighted by atomic mass is 10.1. The molecule has 0 fully saturated rings. The van der Waals surface area contributed by atoms with Crippen molar-refractivity contribution in [3.8, 4) is 0 Å². The van der Waals surface area contributed by atoms with Gasteiger partial charge in [0.15, 0.2) is 0 Å². The van der Waals surface area contributed by atoms with Crippen LogP contribution in [-0.4, -0.2) is 23.9 Å². The van der Waals surface area contributed by atoms with E-state index in [9.17, 15) is 9.59 Å². The van der Waals surface area contributed by atoms with Crippen LogP contribution in [0.1, 0.15) is 36.7 Å². The molecule has 0 bridgehead atoms. The molecule has 0 unspecified atom stereocenters. The highest BCUT2D eigenvalue weighted by molar-refractivity contribution is 9.10. The van der Waals surface area contributed by atoms with Crippen molar-refractivity contribution in [2.75, 3.05) is 6.54 Å². The molecule has 0 aliphatic rings. The Kier molecular flexibility index (Phi) is 5.11. The monoisotopic (exact) mass is 326 g/mol. The lowest BCUT2D eigenvalue weighted by Gasteiger charge is -2.20. The van der Waals surface area contributed by atoms with Crippen LogP contribution in [0.5, 0.6) is 0 Å². The Labute approximate surface area is 122 Å². The van der Waals surface area contributed by atoms with E-state index in [1.807, 2.05) is 39.8 Å². The molecule has 1 aromatic carbocycles. The second kappa shape index (κ2) is 6.19. The molecule has 0 aromatic heterocycles. The van der Waals surface area contributed by atoms with Gasteiger partial charge in [0.1, 0.15) is 0 Å². The van der Waals surface area contributed by atoms with E-state index in [2.05, 4.69) is 26.6 Å². The molecule has 2 N–H and O–H groups in total. The van der Waals surface area contributed by atoms with Crippen molar-refractivity contribution in [2.24, 2.45) is 0 Å². The van der Waals surface area contributed by atoms with Crippen LogP contribution >= 0.6 is 15.9 Å². The molecule has 0 spiro atoms. The molecule has 0 saturated carbocycles. The van der Waals surface area contributed by atoms with Gasteiger partial charge in [-0.1, -0.05) is 11.6 Å². The molecule has 4 nitrogen and oxygen atoms in total. The van der Waals surface area contributed by atoms with Crippen LogP contribution in [0.15, 0.2) is 22.7 Å². The highest BCUT2D eigenvalue weighted by Crippen LogP contribution is 2.17. The van der Waals surface area contributed by atoms with E-state index in [1.54, 1.807) is 6.07 Å². The number of aryl methyl sites for hydroxylation is 1. The van der Waals surface area contributed by atoms with Crippen LogP contribution in [0.4, 0.5) is 0 Å². The van der Waals surface area contributed by atoms with Gasteiger partial charge in [0, 0.05) is 10.0 Å². The van der Waals surface area contributed by atoms with Gasteiger partial charge in [0.05, 0.1) is 12.1 Å². The quantitative estimate of drug-likeness (QED) is 0.896. The van der Waals surface area contributed by atoms with Crippen LogP contribution < -0.4 is 10.6 Å². The molecule has 0 heterocycles. The van der Waals surface area contributed by atoms with Gasteiger partial charge in [0.25, 0.3) is 5.91 Å².